The number of alkyl halides is 6. The number of carboxylic acids is 2. The molecule has 0 fully saturated rings. The Morgan fingerprint density at radius 3 is 1.92 bits per heavy atom. The first-order valence-electron chi connectivity index (χ1n) is 15.1. The number of imidazole rings is 1. The first-order valence-corrected chi connectivity index (χ1v) is 15.1. The van der Waals surface area contributed by atoms with E-state index in [1.165, 1.54) is 0 Å². The van der Waals surface area contributed by atoms with E-state index in [0.29, 0.717) is 29.4 Å². The van der Waals surface area contributed by atoms with E-state index in [4.69, 9.17) is 40.4 Å². The SMILES string of the molecule is CCOc1cc(CN(c2ccc(C(=N)N)cc2)c2ncc(-c3c(C)cccc3C)[nH]2)c(F)c(OC(C)C)c1.O=C(O)C(F)(F)F.O=C(O)C(F)(F)F. The zero-order valence-corrected chi connectivity index (χ0v) is 28.4. The molecule has 0 atom stereocenters. The lowest BCUT2D eigenvalue weighted by Crippen LogP contribution is -2.21. The average Bonchev–Trinajstić information content (AvgIpc) is 3.50. The molecule has 18 heteroatoms. The van der Waals surface area contributed by atoms with Gasteiger partial charge in [0, 0.05) is 28.4 Å². The van der Waals surface area contributed by atoms with Crippen LogP contribution in [0.3, 0.4) is 0 Å². The van der Waals surface area contributed by atoms with Crippen molar-refractivity contribution < 1.29 is 60.0 Å². The van der Waals surface area contributed by atoms with E-state index >= 15 is 4.39 Å². The molecule has 0 saturated heterocycles. The van der Waals surface area contributed by atoms with Crippen LogP contribution >= 0.6 is 0 Å². The molecule has 0 radical (unpaired) electrons. The van der Waals surface area contributed by atoms with Gasteiger partial charge in [-0.3, -0.25) is 5.41 Å². The lowest BCUT2D eigenvalue weighted by atomic mass is 10.0. The van der Waals surface area contributed by atoms with Gasteiger partial charge >= 0.3 is 24.3 Å². The van der Waals surface area contributed by atoms with Crippen LogP contribution in [-0.2, 0) is 16.1 Å². The highest BCUT2D eigenvalue weighted by Crippen LogP contribution is 2.34. The topological polar surface area (TPSA) is 175 Å². The van der Waals surface area contributed by atoms with Gasteiger partial charge in [0.1, 0.15) is 11.6 Å². The first kappa shape index (κ1) is 42.4. The molecule has 6 N–H and O–H groups in total. The van der Waals surface area contributed by atoms with Crippen LogP contribution in [0.5, 0.6) is 11.5 Å². The zero-order valence-electron chi connectivity index (χ0n) is 28.4. The molecule has 0 bridgehead atoms. The van der Waals surface area contributed by atoms with Crippen molar-refractivity contribution in [3.63, 3.8) is 0 Å². The minimum absolute atomic E-state index is 0.0238. The number of carbonyl (C=O) groups is 2. The molecular formula is C34H36F7N5O6. The van der Waals surface area contributed by atoms with Gasteiger partial charge in [-0.1, -0.05) is 18.2 Å². The molecule has 1 heterocycles. The Morgan fingerprint density at radius 2 is 1.48 bits per heavy atom. The van der Waals surface area contributed by atoms with Gasteiger partial charge in [0.15, 0.2) is 11.6 Å². The summed E-state index contributed by atoms with van der Waals surface area (Å²) < 4.78 is 90.7. The molecule has 0 spiro atoms. The monoisotopic (exact) mass is 743 g/mol. The van der Waals surface area contributed by atoms with E-state index in [9.17, 15) is 26.3 Å². The average molecular weight is 744 g/mol. The quantitative estimate of drug-likeness (QED) is 0.0614. The number of carboxylic acid groups (broad SMARTS) is 2. The molecule has 0 saturated carbocycles. The molecule has 0 unspecified atom stereocenters. The predicted octanol–water partition coefficient (Wildman–Crippen LogP) is 7.91. The number of nitrogens with one attached hydrogen (secondary N) is 2. The zero-order chi connectivity index (χ0) is 39.6. The smallest absolute Gasteiger partial charge is 0.490 e. The Balaban J connectivity index is 0.000000564. The van der Waals surface area contributed by atoms with Crippen molar-refractivity contribution in [1.29, 1.82) is 5.41 Å². The summed E-state index contributed by atoms with van der Waals surface area (Å²) in [6, 6.07) is 16.6. The fraction of sp³-hybridized carbons (Fsp3) is 0.294. The molecule has 0 aliphatic carbocycles. The summed E-state index contributed by atoms with van der Waals surface area (Å²) in [4.78, 5) is 27.8. The summed E-state index contributed by atoms with van der Waals surface area (Å²) in [7, 11) is 0. The summed E-state index contributed by atoms with van der Waals surface area (Å²) in [6.45, 7) is 10.3. The number of hydrogen-bond acceptors (Lipinski definition) is 7. The second-order valence-corrected chi connectivity index (χ2v) is 11.0. The Bertz CT molecular complexity index is 1800. The van der Waals surface area contributed by atoms with E-state index in [1.807, 2.05) is 43.9 Å². The molecule has 4 rings (SSSR count). The highest BCUT2D eigenvalue weighted by atomic mass is 19.4. The van der Waals surface area contributed by atoms with Gasteiger partial charge < -0.3 is 35.3 Å². The second-order valence-electron chi connectivity index (χ2n) is 11.0. The number of anilines is 2. The second kappa shape index (κ2) is 17.9. The van der Waals surface area contributed by atoms with Gasteiger partial charge in [0.25, 0.3) is 0 Å². The number of hydrogen-bond donors (Lipinski definition) is 5. The number of rotatable bonds is 10. The van der Waals surface area contributed by atoms with Crippen molar-refractivity contribution in [2.75, 3.05) is 11.5 Å². The van der Waals surface area contributed by atoms with Crippen LogP contribution in [0.4, 0.5) is 42.4 Å². The normalized spacial score (nSPS) is 11.1. The highest BCUT2D eigenvalue weighted by Gasteiger charge is 2.39. The van der Waals surface area contributed by atoms with Gasteiger partial charge in [-0.25, -0.2) is 19.0 Å². The number of nitrogen functional groups attached to an aromatic ring is 1. The number of ether oxygens (including phenoxy) is 2. The summed E-state index contributed by atoms with van der Waals surface area (Å²) in [5.74, 6) is -4.77. The maximum Gasteiger partial charge on any atom is 0.490 e. The number of H-pyrrole nitrogens is 1. The number of benzene rings is 3. The van der Waals surface area contributed by atoms with Crippen LogP contribution in [0.2, 0.25) is 0 Å². The lowest BCUT2D eigenvalue weighted by Gasteiger charge is -2.24. The van der Waals surface area contributed by atoms with E-state index in [1.54, 1.807) is 30.5 Å². The summed E-state index contributed by atoms with van der Waals surface area (Å²) >= 11 is 0. The predicted molar refractivity (Wildman–Crippen MR) is 178 cm³/mol. The molecule has 52 heavy (non-hydrogen) atoms. The Morgan fingerprint density at radius 1 is 0.962 bits per heavy atom. The fourth-order valence-electron chi connectivity index (χ4n) is 4.43. The van der Waals surface area contributed by atoms with Crippen molar-refractivity contribution in [3.8, 4) is 22.8 Å². The van der Waals surface area contributed by atoms with Crippen molar-refractivity contribution in [2.24, 2.45) is 5.73 Å². The first-order chi connectivity index (χ1) is 24.1. The number of halogens is 7. The van der Waals surface area contributed by atoms with E-state index in [-0.39, 0.29) is 24.2 Å². The molecule has 11 nitrogen and oxygen atoms in total. The number of aromatic amines is 1. The maximum absolute atomic E-state index is 15.7. The minimum Gasteiger partial charge on any atom is -0.494 e. The number of nitrogens with zero attached hydrogens (tertiary/aromatic N) is 2. The van der Waals surface area contributed by atoms with E-state index in [0.717, 1.165) is 28.1 Å². The summed E-state index contributed by atoms with van der Waals surface area (Å²) in [6.07, 6.45) is -8.57. The third kappa shape index (κ3) is 12.2. The summed E-state index contributed by atoms with van der Waals surface area (Å²) in [5.41, 5.74) is 11.6. The molecule has 0 amide bonds. The maximum atomic E-state index is 15.7. The molecule has 1 aromatic heterocycles. The van der Waals surface area contributed by atoms with Gasteiger partial charge in [-0.2, -0.15) is 26.3 Å². The fourth-order valence-corrected chi connectivity index (χ4v) is 4.43. The van der Waals surface area contributed by atoms with Crippen LogP contribution in [0.1, 0.15) is 43.0 Å². The number of nitrogens with two attached hydrogens (primary N) is 1. The van der Waals surface area contributed by atoms with Gasteiger partial charge in [-0.05, 0) is 76.1 Å². The van der Waals surface area contributed by atoms with Crippen LogP contribution in [0.15, 0.2) is 60.8 Å². The van der Waals surface area contributed by atoms with Crippen molar-refractivity contribution >= 4 is 29.4 Å². The van der Waals surface area contributed by atoms with Gasteiger partial charge in [0.05, 0.1) is 31.1 Å². The van der Waals surface area contributed by atoms with Crippen molar-refractivity contribution in [2.45, 2.75) is 59.6 Å². The Labute approximate surface area is 293 Å². The third-order valence-corrected chi connectivity index (χ3v) is 6.63. The number of aliphatic carboxylic acids is 2. The number of aromatic nitrogens is 2. The van der Waals surface area contributed by atoms with Crippen LogP contribution in [0, 0.1) is 25.1 Å². The van der Waals surface area contributed by atoms with Gasteiger partial charge in [0.2, 0.25) is 5.95 Å². The molecule has 0 aliphatic heterocycles. The molecule has 282 valence electrons. The minimum atomic E-state index is -5.08. The van der Waals surface area contributed by atoms with Crippen molar-refractivity contribution in [3.05, 3.63) is 88.9 Å². The number of amidine groups is 1. The molecule has 0 aliphatic rings. The number of aryl methyl sites for hydroxylation is 2. The van der Waals surface area contributed by atoms with Crippen molar-refractivity contribution in [1.82, 2.24) is 9.97 Å². The summed E-state index contributed by atoms with van der Waals surface area (Å²) in [5, 5.41) is 22.0. The highest BCUT2D eigenvalue weighted by molar-refractivity contribution is 5.95. The molecular weight excluding hydrogens is 707 g/mol. The Kier molecular flexibility index (Phi) is 14.6. The van der Waals surface area contributed by atoms with E-state index in [2.05, 4.69) is 35.9 Å². The van der Waals surface area contributed by atoms with Crippen LogP contribution < -0.4 is 20.1 Å². The van der Waals surface area contributed by atoms with Gasteiger partial charge in [-0.15, -0.1) is 0 Å². The largest absolute Gasteiger partial charge is 0.494 e. The molecule has 4 aromatic rings. The third-order valence-electron chi connectivity index (χ3n) is 6.63. The van der Waals surface area contributed by atoms with Crippen LogP contribution in [-0.4, -0.2) is 63.0 Å². The lowest BCUT2D eigenvalue weighted by molar-refractivity contribution is -0.193. The van der Waals surface area contributed by atoms with Crippen LogP contribution in [0.25, 0.3) is 11.3 Å². The van der Waals surface area contributed by atoms with E-state index < -0.39 is 30.1 Å². The molecule has 3 aromatic carbocycles. The Hall–Kier alpha value is -5.81. The standard InChI is InChI=1S/C30H34FN5O2.2C2HF3O2/c1-6-37-24-14-22(28(31)26(15-24)38-18(2)3)17-36(23-12-10-21(11-13-23)29(32)33)30-34-16-25(35-30)27-19(4)8-7-9-20(27)5;2*3-2(4,5)1(6)7/h7-16,18H,6,17H2,1-5H3,(H3,32,33)(H,34,35);2*(H,6,7).